The standard InChI is InChI=1S/C26H25N5O2S/c1-15-13-22(32)30(26-23(15)16(2)29-31(26)18-9-5-4-6-10-18)17(3)24(33)28-25-20(14-27)19-11-7-8-12-21(19)34-25/h4-6,9-10,13,17H,7-8,11-12H2,1-3H3,(H,28,33). The summed E-state index contributed by atoms with van der Waals surface area (Å²) in [6, 6.07) is 12.6. The number of thiophene rings is 1. The first-order valence-corrected chi connectivity index (χ1v) is 12.2. The van der Waals surface area contributed by atoms with E-state index in [1.54, 1.807) is 17.7 Å². The monoisotopic (exact) mass is 471 g/mol. The minimum atomic E-state index is -0.806. The molecule has 0 radical (unpaired) electrons. The van der Waals surface area contributed by atoms with Gasteiger partial charge in [0, 0.05) is 16.3 Å². The summed E-state index contributed by atoms with van der Waals surface area (Å²) in [5.74, 6) is -0.333. The van der Waals surface area contributed by atoms with E-state index in [2.05, 4.69) is 11.4 Å². The lowest BCUT2D eigenvalue weighted by Crippen LogP contribution is -2.32. The molecule has 0 fully saturated rings. The molecule has 1 amide bonds. The summed E-state index contributed by atoms with van der Waals surface area (Å²) in [5.41, 5.74) is 4.36. The number of pyridine rings is 1. The maximum atomic E-state index is 13.4. The topological polar surface area (TPSA) is 92.7 Å². The van der Waals surface area contributed by atoms with Gasteiger partial charge in [-0.25, -0.2) is 4.68 Å². The second kappa shape index (κ2) is 8.58. The predicted molar refractivity (Wildman–Crippen MR) is 134 cm³/mol. The maximum Gasteiger partial charge on any atom is 0.253 e. The number of aryl methyl sites for hydroxylation is 3. The molecule has 172 valence electrons. The lowest BCUT2D eigenvalue weighted by atomic mass is 9.96. The van der Waals surface area contributed by atoms with Crippen LogP contribution in [0.1, 0.15) is 53.1 Å². The van der Waals surface area contributed by atoms with Crippen molar-refractivity contribution in [1.29, 1.82) is 5.26 Å². The minimum Gasteiger partial charge on any atom is -0.315 e. The molecule has 1 aliphatic rings. The van der Waals surface area contributed by atoms with Gasteiger partial charge in [-0.05, 0) is 69.7 Å². The molecule has 34 heavy (non-hydrogen) atoms. The third-order valence-electron chi connectivity index (χ3n) is 6.52. The Morgan fingerprint density at radius 1 is 1.21 bits per heavy atom. The van der Waals surface area contributed by atoms with E-state index >= 15 is 0 Å². The van der Waals surface area contributed by atoms with Crippen LogP contribution in [0.4, 0.5) is 5.00 Å². The number of carbonyl (C=O) groups is 1. The molecule has 1 unspecified atom stereocenters. The van der Waals surface area contributed by atoms with Gasteiger partial charge in [-0.2, -0.15) is 10.4 Å². The second-order valence-electron chi connectivity index (χ2n) is 8.76. The number of benzene rings is 1. The first kappa shape index (κ1) is 22.1. The number of anilines is 1. The zero-order chi connectivity index (χ0) is 24.0. The van der Waals surface area contributed by atoms with E-state index < -0.39 is 6.04 Å². The predicted octanol–water partition coefficient (Wildman–Crippen LogP) is 4.82. The molecule has 3 aromatic heterocycles. The summed E-state index contributed by atoms with van der Waals surface area (Å²) in [4.78, 5) is 27.8. The highest BCUT2D eigenvalue weighted by atomic mass is 32.1. The zero-order valence-corrected chi connectivity index (χ0v) is 20.2. The van der Waals surface area contributed by atoms with Crippen LogP contribution in [0, 0.1) is 25.2 Å². The molecule has 0 saturated heterocycles. The number of rotatable bonds is 4. The van der Waals surface area contributed by atoms with E-state index in [1.807, 2.05) is 44.2 Å². The summed E-state index contributed by atoms with van der Waals surface area (Å²) in [5, 5.41) is 18.8. The lowest BCUT2D eigenvalue weighted by molar-refractivity contribution is -0.118. The highest BCUT2D eigenvalue weighted by Gasteiger charge is 2.27. The van der Waals surface area contributed by atoms with Gasteiger partial charge in [-0.1, -0.05) is 18.2 Å². The average molecular weight is 472 g/mol. The molecule has 1 aliphatic carbocycles. The quantitative estimate of drug-likeness (QED) is 0.462. The number of aromatic nitrogens is 3. The average Bonchev–Trinajstić information content (AvgIpc) is 3.36. The van der Waals surface area contributed by atoms with Crippen LogP contribution < -0.4 is 10.9 Å². The fraction of sp³-hybridized carbons (Fsp3) is 0.308. The highest BCUT2D eigenvalue weighted by Crippen LogP contribution is 2.38. The van der Waals surface area contributed by atoms with Crippen LogP contribution in [0.15, 0.2) is 41.2 Å². The SMILES string of the molecule is Cc1cc(=O)n(C(C)C(=O)Nc2sc3c(c2C#N)CCCC3)c2c1c(C)nn2-c1ccccc1. The molecule has 0 spiro atoms. The molecule has 1 N–H and O–H groups in total. The van der Waals surface area contributed by atoms with Crippen LogP contribution in [-0.4, -0.2) is 20.3 Å². The highest BCUT2D eigenvalue weighted by molar-refractivity contribution is 7.16. The number of amides is 1. The Bertz CT molecular complexity index is 1520. The Balaban J connectivity index is 1.61. The van der Waals surface area contributed by atoms with Gasteiger partial charge in [-0.15, -0.1) is 11.3 Å². The van der Waals surface area contributed by atoms with Crippen LogP contribution in [0.2, 0.25) is 0 Å². The molecule has 0 aliphatic heterocycles. The van der Waals surface area contributed by atoms with E-state index in [9.17, 15) is 14.9 Å². The molecule has 3 heterocycles. The van der Waals surface area contributed by atoms with Crippen molar-refractivity contribution in [1.82, 2.24) is 14.3 Å². The number of carbonyl (C=O) groups excluding carboxylic acids is 1. The van der Waals surface area contributed by atoms with Crippen molar-refractivity contribution in [3.05, 3.63) is 74.0 Å². The maximum absolute atomic E-state index is 13.4. The Morgan fingerprint density at radius 3 is 2.68 bits per heavy atom. The third kappa shape index (κ3) is 3.53. The normalized spacial score (nSPS) is 13.9. The molecule has 7 nitrogen and oxygen atoms in total. The summed E-state index contributed by atoms with van der Waals surface area (Å²) in [6.07, 6.45) is 3.96. The van der Waals surface area contributed by atoms with Crippen molar-refractivity contribution in [2.45, 2.75) is 52.5 Å². The molecule has 0 bridgehead atoms. The number of nitriles is 1. The summed E-state index contributed by atoms with van der Waals surface area (Å²) >= 11 is 1.48. The fourth-order valence-corrected chi connectivity index (χ4v) is 6.10. The molecule has 8 heteroatoms. The van der Waals surface area contributed by atoms with E-state index in [0.717, 1.165) is 53.6 Å². The first-order valence-electron chi connectivity index (χ1n) is 11.4. The fourth-order valence-electron chi connectivity index (χ4n) is 4.86. The van der Waals surface area contributed by atoms with Crippen molar-refractivity contribution in [2.75, 3.05) is 5.32 Å². The van der Waals surface area contributed by atoms with Crippen LogP contribution in [0.5, 0.6) is 0 Å². The number of hydrogen-bond acceptors (Lipinski definition) is 5. The van der Waals surface area contributed by atoms with Gasteiger partial charge in [0.15, 0.2) is 0 Å². The van der Waals surface area contributed by atoms with Gasteiger partial charge in [-0.3, -0.25) is 14.2 Å². The number of fused-ring (bicyclic) bond motifs is 2. The van der Waals surface area contributed by atoms with Crippen LogP contribution >= 0.6 is 11.3 Å². The minimum absolute atomic E-state index is 0.268. The largest absolute Gasteiger partial charge is 0.315 e. The summed E-state index contributed by atoms with van der Waals surface area (Å²) in [6.45, 7) is 5.50. The van der Waals surface area contributed by atoms with Gasteiger partial charge in [0.05, 0.1) is 16.9 Å². The number of para-hydroxylation sites is 1. The molecule has 1 aromatic carbocycles. The number of nitrogens with zero attached hydrogens (tertiary/aromatic N) is 4. The van der Waals surface area contributed by atoms with Crippen molar-refractivity contribution >= 4 is 33.3 Å². The third-order valence-corrected chi connectivity index (χ3v) is 7.73. The lowest BCUT2D eigenvalue weighted by Gasteiger charge is -2.18. The van der Waals surface area contributed by atoms with Crippen LogP contribution in [-0.2, 0) is 17.6 Å². The van der Waals surface area contributed by atoms with Crippen LogP contribution in [0.3, 0.4) is 0 Å². The Labute approximate surface area is 201 Å². The summed E-state index contributed by atoms with van der Waals surface area (Å²) in [7, 11) is 0. The van der Waals surface area contributed by atoms with Crippen molar-refractivity contribution in [3.8, 4) is 11.8 Å². The Morgan fingerprint density at radius 2 is 1.94 bits per heavy atom. The van der Waals surface area contributed by atoms with Gasteiger partial charge in [0.1, 0.15) is 22.8 Å². The number of hydrogen-bond donors (Lipinski definition) is 1. The molecule has 4 aromatic rings. The molecular formula is C26H25N5O2S. The van der Waals surface area contributed by atoms with Gasteiger partial charge >= 0.3 is 0 Å². The first-order chi connectivity index (χ1) is 16.4. The van der Waals surface area contributed by atoms with Crippen molar-refractivity contribution in [2.24, 2.45) is 0 Å². The van der Waals surface area contributed by atoms with Crippen molar-refractivity contribution < 1.29 is 4.79 Å². The van der Waals surface area contributed by atoms with Crippen LogP contribution in [0.25, 0.3) is 16.7 Å². The second-order valence-corrected chi connectivity index (χ2v) is 9.86. The van der Waals surface area contributed by atoms with Gasteiger partial charge < -0.3 is 5.32 Å². The van der Waals surface area contributed by atoms with E-state index in [1.165, 1.54) is 20.8 Å². The van der Waals surface area contributed by atoms with Crippen molar-refractivity contribution in [3.63, 3.8) is 0 Å². The molecule has 1 atom stereocenters. The molecular weight excluding hydrogens is 446 g/mol. The summed E-state index contributed by atoms with van der Waals surface area (Å²) < 4.78 is 3.23. The van der Waals surface area contributed by atoms with E-state index in [0.29, 0.717) is 16.2 Å². The Hall–Kier alpha value is -3.70. The van der Waals surface area contributed by atoms with Gasteiger partial charge in [0.2, 0.25) is 5.91 Å². The number of nitrogens with one attached hydrogen (secondary N) is 1. The smallest absolute Gasteiger partial charge is 0.253 e. The van der Waals surface area contributed by atoms with E-state index in [-0.39, 0.29) is 11.5 Å². The van der Waals surface area contributed by atoms with E-state index in [4.69, 9.17) is 5.10 Å². The molecule has 5 rings (SSSR count). The zero-order valence-electron chi connectivity index (χ0n) is 19.4. The molecule has 0 saturated carbocycles. The Kier molecular flexibility index (Phi) is 5.58. The van der Waals surface area contributed by atoms with Gasteiger partial charge in [0.25, 0.3) is 5.56 Å².